The highest BCUT2D eigenvalue weighted by Crippen LogP contribution is 2.34. The van der Waals surface area contributed by atoms with Crippen molar-refractivity contribution in [3.05, 3.63) is 71.4 Å². The van der Waals surface area contributed by atoms with Crippen LogP contribution in [0.2, 0.25) is 5.02 Å². The predicted octanol–water partition coefficient (Wildman–Crippen LogP) is 5.25. The van der Waals surface area contributed by atoms with Crippen molar-refractivity contribution in [1.82, 2.24) is 14.5 Å². The molecule has 0 spiro atoms. The van der Waals surface area contributed by atoms with E-state index in [1.807, 2.05) is 49.1 Å². The molecule has 3 nitrogen and oxygen atoms in total. The second kappa shape index (κ2) is 7.20. The monoisotopic (exact) mass is 343 g/mol. The Balaban J connectivity index is 1.94. The molecule has 0 radical (unpaired) electrons. The zero-order valence-corrected chi connectivity index (χ0v) is 14.7. The van der Waals surface area contributed by atoms with Crippen LogP contribution in [0, 0.1) is 0 Å². The second-order valence-corrected chi connectivity index (χ2v) is 7.13. The number of pyridine rings is 1. The highest BCUT2D eigenvalue weighted by Gasteiger charge is 2.16. The second-order valence-electron chi connectivity index (χ2n) is 5.63. The van der Waals surface area contributed by atoms with E-state index in [0.717, 1.165) is 22.2 Å². The Labute approximate surface area is 145 Å². The van der Waals surface area contributed by atoms with Crippen molar-refractivity contribution in [3.63, 3.8) is 0 Å². The first-order valence-electron chi connectivity index (χ1n) is 7.51. The molecule has 3 rings (SSSR count). The molecule has 0 unspecified atom stereocenters. The number of imidazole rings is 1. The van der Waals surface area contributed by atoms with Crippen LogP contribution in [0.15, 0.2) is 65.0 Å². The molecule has 2 heterocycles. The minimum Gasteiger partial charge on any atom is -0.321 e. The fraction of sp³-hybridized carbons (Fsp3) is 0.222. The molecule has 3 aromatic rings. The SMILES string of the molecule is CC(C)c1ncn(Cc2ccncc2)c1Sc1cccc(Cl)c1. The fourth-order valence-corrected chi connectivity index (χ4v) is 3.77. The summed E-state index contributed by atoms with van der Waals surface area (Å²) in [5.41, 5.74) is 2.32. The third-order valence-corrected chi connectivity index (χ3v) is 4.84. The zero-order chi connectivity index (χ0) is 16.2. The average Bonchev–Trinajstić information content (AvgIpc) is 2.91. The van der Waals surface area contributed by atoms with Gasteiger partial charge < -0.3 is 4.57 Å². The molecule has 1 aromatic carbocycles. The maximum atomic E-state index is 6.11. The van der Waals surface area contributed by atoms with Crippen molar-refractivity contribution in [2.45, 2.75) is 36.2 Å². The normalized spacial score (nSPS) is 11.1. The number of benzene rings is 1. The minimum atomic E-state index is 0.371. The summed E-state index contributed by atoms with van der Waals surface area (Å²) in [6, 6.07) is 12.0. The Morgan fingerprint density at radius 3 is 2.65 bits per heavy atom. The lowest BCUT2D eigenvalue weighted by atomic mass is 10.1. The fourth-order valence-electron chi connectivity index (χ4n) is 2.33. The first kappa shape index (κ1) is 16.1. The van der Waals surface area contributed by atoms with Crippen molar-refractivity contribution >= 4 is 23.4 Å². The van der Waals surface area contributed by atoms with Crippen LogP contribution in [0.4, 0.5) is 0 Å². The Bertz CT molecular complexity index is 784. The summed E-state index contributed by atoms with van der Waals surface area (Å²) in [5.74, 6) is 0.371. The molecule has 0 N–H and O–H groups in total. The van der Waals surface area contributed by atoms with Crippen molar-refractivity contribution < 1.29 is 0 Å². The van der Waals surface area contributed by atoms with Gasteiger partial charge in [0.15, 0.2) is 0 Å². The smallest absolute Gasteiger partial charge is 0.103 e. The molecule has 0 aliphatic heterocycles. The first-order valence-corrected chi connectivity index (χ1v) is 8.70. The summed E-state index contributed by atoms with van der Waals surface area (Å²) in [6.45, 7) is 5.12. The third kappa shape index (κ3) is 3.95. The standard InChI is InChI=1S/C18H18ClN3S/c1-13(2)17-18(23-16-5-3-4-15(19)10-16)22(12-21-17)11-14-6-8-20-9-7-14/h3-10,12-13H,11H2,1-2H3. The van der Waals surface area contributed by atoms with E-state index in [-0.39, 0.29) is 0 Å². The van der Waals surface area contributed by atoms with Gasteiger partial charge in [-0.3, -0.25) is 4.98 Å². The molecular formula is C18H18ClN3S. The van der Waals surface area contributed by atoms with E-state index in [2.05, 4.69) is 34.4 Å². The van der Waals surface area contributed by atoms with E-state index >= 15 is 0 Å². The van der Waals surface area contributed by atoms with Gasteiger partial charge in [-0.1, -0.05) is 43.3 Å². The zero-order valence-electron chi connectivity index (χ0n) is 13.1. The van der Waals surface area contributed by atoms with Crippen LogP contribution in [0.3, 0.4) is 0 Å². The highest BCUT2D eigenvalue weighted by atomic mass is 35.5. The van der Waals surface area contributed by atoms with E-state index in [0.29, 0.717) is 5.92 Å². The van der Waals surface area contributed by atoms with Crippen molar-refractivity contribution in [1.29, 1.82) is 0 Å². The van der Waals surface area contributed by atoms with Gasteiger partial charge in [-0.25, -0.2) is 4.98 Å². The summed E-state index contributed by atoms with van der Waals surface area (Å²) < 4.78 is 2.19. The van der Waals surface area contributed by atoms with Gasteiger partial charge in [0.05, 0.1) is 12.0 Å². The van der Waals surface area contributed by atoms with E-state index in [4.69, 9.17) is 11.6 Å². The first-order chi connectivity index (χ1) is 11.1. The summed E-state index contributed by atoms with van der Waals surface area (Å²) in [6.07, 6.45) is 5.56. The lowest BCUT2D eigenvalue weighted by Crippen LogP contribution is -2.01. The molecule has 118 valence electrons. The number of aromatic nitrogens is 3. The molecule has 0 bridgehead atoms. The maximum Gasteiger partial charge on any atom is 0.103 e. The van der Waals surface area contributed by atoms with Crippen LogP contribution in [-0.4, -0.2) is 14.5 Å². The number of halogens is 1. The molecule has 0 saturated carbocycles. The van der Waals surface area contributed by atoms with Gasteiger partial charge >= 0.3 is 0 Å². The molecule has 5 heteroatoms. The van der Waals surface area contributed by atoms with E-state index < -0.39 is 0 Å². The van der Waals surface area contributed by atoms with E-state index in [1.54, 1.807) is 11.8 Å². The lowest BCUT2D eigenvalue weighted by Gasteiger charge is -2.11. The van der Waals surface area contributed by atoms with Crippen LogP contribution < -0.4 is 0 Å². The van der Waals surface area contributed by atoms with Gasteiger partial charge in [0.25, 0.3) is 0 Å². The van der Waals surface area contributed by atoms with Crippen LogP contribution in [0.25, 0.3) is 0 Å². The molecule has 0 aliphatic carbocycles. The van der Waals surface area contributed by atoms with Gasteiger partial charge in [-0.05, 0) is 41.8 Å². The molecule has 0 fully saturated rings. The van der Waals surface area contributed by atoms with Crippen molar-refractivity contribution in [3.8, 4) is 0 Å². The molecule has 0 atom stereocenters. The Hall–Kier alpha value is -1.78. The quantitative estimate of drug-likeness (QED) is 0.633. The van der Waals surface area contributed by atoms with E-state index in [9.17, 15) is 0 Å². The number of nitrogens with zero attached hydrogens (tertiary/aromatic N) is 3. The largest absolute Gasteiger partial charge is 0.321 e. The molecule has 23 heavy (non-hydrogen) atoms. The molecule has 0 aliphatic rings. The van der Waals surface area contributed by atoms with Crippen molar-refractivity contribution in [2.24, 2.45) is 0 Å². The summed E-state index contributed by atoms with van der Waals surface area (Å²) >= 11 is 7.82. The minimum absolute atomic E-state index is 0.371. The number of rotatable bonds is 5. The third-order valence-electron chi connectivity index (χ3n) is 3.48. The highest BCUT2D eigenvalue weighted by molar-refractivity contribution is 7.99. The van der Waals surface area contributed by atoms with Gasteiger partial charge in [0, 0.05) is 28.9 Å². The maximum absolute atomic E-state index is 6.11. The summed E-state index contributed by atoms with van der Waals surface area (Å²) in [4.78, 5) is 9.82. The van der Waals surface area contributed by atoms with Crippen LogP contribution in [0.1, 0.15) is 31.0 Å². The van der Waals surface area contributed by atoms with Gasteiger partial charge in [0.1, 0.15) is 5.03 Å². The Kier molecular flexibility index (Phi) is 5.03. The van der Waals surface area contributed by atoms with Gasteiger partial charge in [-0.2, -0.15) is 0 Å². The Morgan fingerprint density at radius 2 is 1.96 bits per heavy atom. The lowest BCUT2D eigenvalue weighted by molar-refractivity contribution is 0.707. The molecular weight excluding hydrogens is 326 g/mol. The van der Waals surface area contributed by atoms with Crippen LogP contribution in [0.5, 0.6) is 0 Å². The molecule has 2 aromatic heterocycles. The summed E-state index contributed by atoms with van der Waals surface area (Å²) in [5, 5.41) is 1.92. The topological polar surface area (TPSA) is 30.7 Å². The number of hydrogen-bond donors (Lipinski definition) is 0. The molecule has 0 saturated heterocycles. The predicted molar refractivity (Wildman–Crippen MR) is 95.2 cm³/mol. The molecule has 0 amide bonds. The number of hydrogen-bond acceptors (Lipinski definition) is 3. The average molecular weight is 344 g/mol. The van der Waals surface area contributed by atoms with Gasteiger partial charge in [0.2, 0.25) is 0 Å². The van der Waals surface area contributed by atoms with Crippen LogP contribution in [-0.2, 0) is 6.54 Å². The van der Waals surface area contributed by atoms with Crippen molar-refractivity contribution in [2.75, 3.05) is 0 Å². The summed E-state index contributed by atoms with van der Waals surface area (Å²) in [7, 11) is 0. The van der Waals surface area contributed by atoms with Crippen LogP contribution >= 0.6 is 23.4 Å². The van der Waals surface area contributed by atoms with Gasteiger partial charge in [-0.15, -0.1) is 0 Å². The van der Waals surface area contributed by atoms with E-state index in [1.165, 1.54) is 10.6 Å². The Morgan fingerprint density at radius 1 is 1.17 bits per heavy atom.